The number of carbonyl (C=O) groups is 2. The molecule has 0 radical (unpaired) electrons. The SMILES string of the molecule is CC(=O)Cc1ccc(NC(=S)NC(=O)c2ccc(C(C)(C)C)cc2)cc1. The monoisotopic (exact) mass is 368 g/mol. The van der Waals surface area contributed by atoms with Crippen LogP contribution in [0.4, 0.5) is 5.69 Å². The number of benzene rings is 2. The second kappa shape index (κ2) is 8.23. The molecule has 5 heteroatoms. The summed E-state index contributed by atoms with van der Waals surface area (Å²) < 4.78 is 0. The standard InChI is InChI=1S/C21H24N2O2S/c1-14(24)13-15-5-11-18(12-6-15)22-20(26)23-19(25)16-7-9-17(10-8-16)21(2,3)4/h5-12H,13H2,1-4H3,(H2,22,23,25,26). The highest BCUT2D eigenvalue weighted by Crippen LogP contribution is 2.22. The third kappa shape index (κ3) is 5.77. The van der Waals surface area contributed by atoms with Crippen molar-refractivity contribution in [2.75, 3.05) is 5.32 Å². The van der Waals surface area contributed by atoms with Crippen molar-refractivity contribution in [1.82, 2.24) is 5.32 Å². The number of hydrogen-bond acceptors (Lipinski definition) is 3. The van der Waals surface area contributed by atoms with Crippen LogP contribution in [-0.4, -0.2) is 16.8 Å². The summed E-state index contributed by atoms with van der Waals surface area (Å²) in [7, 11) is 0. The molecule has 0 spiro atoms. The molecule has 2 N–H and O–H groups in total. The fourth-order valence-electron chi connectivity index (χ4n) is 2.45. The van der Waals surface area contributed by atoms with Crippen LogP contribution >= 0.6 is 12.2 Å². The lowest BCUT2D eigenvalue weighted by Crippen LogP contribution is -2.34. The van der Waals surface area contributed by atoms with Crippen LogP contribution in [0.5, 0.6) is 0 Å². The van der Waals surface area contributed by atoms with Gasteiger partial charge in [0.05, 0.1) is 0 Å². The lowest BCUT2D eigenvalue weighted by Gasteiger charge is -2.19. The maximum Gasteiger partial charge on any atom is 0.257 e. The highest BCUT2D eigenvalue weighted by Gasteiger charge is 2.14. The van der Waals surface area contributed by atoms with Crippen molar-refractivity contribution in [2.24, 2.45) is 0 Å². The molecule has 0 atom stereocenters. The van der Waals surface area contributed by atoms with Crippen molar-refractivity contribution in [3.05, 3.63) is 65.2 Å². The first-order valence-corrected chi connectivity index (χ1v) is 8.87. The summed E-state index contributed by atoms with van der Waals surface area (Å²) in [5, 5.41) is 5.88. The second-order valence-electron chi connectivity index (χ2n) is 7.31. The van der Waals surface area contributed by atoms with Gasteiger partial charge in [0, 0.05) is 17.7 Å². The van der Waals surface area contributed by atoms with Gasteiger partial charge in [-0.05, 0) is 59.9 Å². The molecule has 0 aromatic heterocycles. The Kier molecular flexibility index (Phi) is 6.27. The van der Waals surface area contributed by atoms with Crippen LogP contribution in [0.15, 0.2) is 48.5 Å². The summed E-state index contributed by atoms with van der Waals surface area (Å²) in [5.74, 6) is -0.137. The number of hydrogen-bond donors (Lipinski definition) is 2. The molecule has 0 bridgehead atoms. The molecule has 0 aliphatic heterocycles. The molecular formula is C21H24N2O2S. The third-order valence-corrected chi connectivity index (χ3v) is 4.11. The van der Waals surface area contributed by atoms with E-state index in [4.69, 9.17) is 12.2 Å². The van der Waals surface area contributed by atoms with Crippen molar-refractivity contribution in [1.29, 1.82) is 0 Å². The second-order valence-corrected chi connectivity index (χ2v) is 7.72. The molecule has 0 fully saturated rings. The fourth-order valence-corrected chi connectivity index (χ4v) is 2.66. The zero-order chi connectivity index (χ0) is 19.3. The Labute approximate surface area is 160 Å². The molecule has 0 aliphatic rings. The van der Waals surface area contributed by atoms with E-state index in [2.05, 4.69) is 31.4 Å². The molecule has 136 valence electrons. The lowest BCUT2D eigenvalue weighted by molar-refractivity contribution is -0.116. The minimum absolute atomic E-state index is 0.0421. The average Bonchev–Trinajstić information content (AvgIpc) is 2.55. The summed E-state index contributed by atoms with van der Waals surface area (Å²) in [6.07, 6.45) is 0.409. The maximum absolute atomic E-state index is 12.3. The number of rotatable bonds is 4. The van der Waals surface area contributed by atoms with Gasteiger partial charge in [-0.15, -0.1) is 0 Å². The molecule has 0 saturated heterocycles. The fraction of sp³-hybridized carbons (Fsp3) is 0.286. The average molecular weight is 369 g/mol. The van der Waals surface area contributed by atoms with E-state index < -0.39 is 0 Å². The topological polar surface area (TPSA) is 58.2 Å². The molecule has 0 unspecified atom stereocenters. The Hall–Kier alpha value is -2.53. The molecule has 1 amide bonds. The molecule has 4 nitrogen and oxygen atoms in total. The Morgan fingerprint density at radius 2 is 1.54 bits per heavy atom. The van der Waals surface area contributed by atoms with E-state index in [-0.39, 0.29) is 22.2 Å². The first kappa shape index (κ1) is 19.8. The minimum Gasteiger partial charge on any atom is -0.332 e. The van der Waals surface area contributed by atoms with Gasteiger partial charge >= 0.3 is 0 Å². The predicted molar refractivity (Wildman–Crippen MR) is 110 cm³/mol. The number of Topliss-reactive ketones (excluding diaryl/α,β-unsaturated/α-hetero) is 1. The molecule has 0 saturated carbocycles. The van der Waals surface area contributed by atoms with Crippen molar-refractivity contribution in [3.63, 3.8) is 0 Å². The van der Waals surface area contributed by atoms with Gasteiger partial charge in [-0.3, -0.25) is 14.9 Å². The number of carbonyl (C=O) groups excluding carboxylic acids is 2. The van der Waals surface area contributed by atoms with E-state index in [0.717, 1.165) is 11.3 Å². The van der Waals surface area contributed by atoms with Gasteiger partial charge in [0.15, 0.2) is 5.11 Å². The summed E-state index contributed by atoms with van der Waals surface area (Å²) in [4.78, 5) is 23.4. The van der Waals surface area contributed by atoms with Gasteiger partial charge in [-0.25, -0.2) is 0 Å². The normalized spacial score (nSPS) is 10.9. The van der Waals surface area contributed by atoms with Crippen LogP contribution < -0.4 is 10.6 Å². The van der Waals surface area contributed by atoms with Crippen LogP contribution in [-0.2, 0) is 16.6 Å². The van der Waals surface area contributed by atoms with E-state index in [0.29, 0.717) is 12.0 Å². The van der Waals surface area contributed by atoms with Gasteiger partial charge < -0.3 is 5.32 Å². The van der Waals surface area contributed by atoms with Gasteiger partial charge in [-0.1, -0.05) is 45.0 Å². The molecular weight excluding hydrogens is 344 g/mol. The molecule has 2 aromatic rings. The quantitative estimate of drug-likeness (QED) is 0.793. The zero-order valence-electron chi connectivity index (χ0n) is 15.6. The predicted octanol–water partition coefficient (Wildman–Crippen LogP) is 4.24. The summed E-state index contributed by atoms with van der Waals surface area (Å²) in [6, 6.07) is 14.9. The van der Waals surface area contributed by atoms with Crippen molar-refractivity contribution in [3.8, 4) is 0 Å². The lowest BCUT2D eigenvalue weighted by atomic mass is 9.87. The van der Waals surface area contributed by atoms with E-state index in [1.807, 2.05) is 36.4 Å². The molecule has 2 aromatic carbocycles. The molecule has 26 heavy (non-hydrogen) atoms. The smallest absolute Gasteiger partial charge is 0.257 e. The Bertz CT molecular complexity index is 803. The maximum atomic E-state index is 12.3. The third-order valence-electron chi connectivity index (χ3n) is 3.91. The highest BCUT2D eigenvalue weighted by atomic mass is 32.1. The minimum atomic E-state index is -0.254. The van der Waals surface area contributed by atoms with Crippen LogP contribution in [0.25, 0.3) is 0 Å². The highest BCUT2D eigenvalue weighted by molar-refractivity contribution is 7.80. The van der Waals surface area contributed by atoms with E-state index in [1.54, 1.807) is 19.1 Å². The number of ketones is 1. The zero-order valence-corrected chi connectivity index (χ0v) is 16.4. The van der Waals surface area contributed by atoms with Gasteiger partial charge in [0.2, 0.25) is 0 Å². The Morgan fingerprint density at radius 1 is 0.962 bits per heavy atom. The largest absolute Gasteiger partial charge is 0.332 e. The van der Waals surface area contributed by atoms with Gasteiger partial charge in [-0.2, -0.15) is 0 Å². The van der Waals surface area contributed by atoms with Crippen LogP contribution in [0.1, 0.15) is 49.2 Å². The van der Waals surface area contributed by atoms with Gasteiger partial charge in [0.25, 0.3) is 5.91 Å². The van der Waals surface area contributed by atoms with Crippen LogP contribution in [0.3, 0.4) is 0 Å². The molecule has 0 aliphatic carbocycles. The number of amides is 1. The Morgan fingerprint density at radius 3 is 2.04 bits per heavy atom. The first-order chi connectivity index (χ1) is 12.1. The van der Waals surface area contributed by atoms with Crippen LogP contribution in [0.2, 0.25) is 0 Å². The number of nitrogens with one attached hydrogen (secondary N) is 2. The van der Waals surface area contributed by atoms with E-state index >= 15 is 0 Å². The number of anilines is 1. The number of thiocarbonyl (C=S) groups is 1. The first-order valence-electron chi connectivity index (χ1n) is 8.46. The van der Waals surface area contributed by atoms with Crippen LogP contribution in [0, 0.1) is 0 Å². The van der Waals surface area contributed by atoms with Gasteiger partial charge in [0.1, 0.15) is 5.78 Å². The molecule has 2 rings (SSSR count). The van der Waals surface area contributed by atoms with Crippen molar-refractivity contribution < 1.29 is 9.59 Å². The van der Waals surface area contributed by atoms with Crippen molar-refractivity contribution in [2.45, 2.75) is 39.5 Å². The van der Waals surface area contributed by atoms with E-state index in [1.165, 1.54) is 5.56 Å². The molecule has 0 heterocycles. The summed E-state index contributed by atoms with van der Waals surface area (Å²) in [6.45, 7) is 7.94. The summed E-state index contributed by atoms with van der Waals surface area (Å²) in [5.41, 5.74) is 3.46. The Balaban J connectivity index is 1.94. The van der Waals surface area contributed by atoms with Crippen molar-refractivity contribution >= 4 is 34.7 Å². The summed E-state index contributed by atoms with van der Waals surface area (Å²) >= 11 is 5.20. The van der Waals surface area contributed by atoms with E-state index in [9.17, 15) is 9.59 Å².